The van der Waals surface area contributed by atoms with Crippen LogP contribution in [0.15, 0.2) is 42.5 Å². The number of para-hydroxylation sites is 1. The Labute approximate surface area is 105 Å². The van der Waals surface area contributed by atoms with Crippen molar-refractivity contribution in [1.29, 1.82) is 0 Å². The van der Waals surface area contributed by atoms with E-state index < -0.39 is 5.41 Å². The molecule has 0 aromatic heterocycles. The molecule has 0 radical (unpaired) electrons. The number of aryl methyl sites for hydroxylation is 1. The van der Waals surface area contributed by atoms with Crippen molar-refractivity contribution in [2.45, 2.75) is 18.8 Å². The van der Waals surface area contributed by atoms with Crippen LogP contribution in [0, 0.1) is 6.92 Å². The van der Waals surface area contributed by atoms with Crippen molar-refractivity contribution in [2.75, 3.05) is 5.32 Å². The molecule has 1 N–H and O–H groups in total. The van der Waals surface area contributed by atoms with E-state index in [2.05, 4.69) is 5.32 Å². The lowest BCUT2D eigenvalue weighted by atomic mass is 9.71. The number of rotatable bonds is 0. The lowest BCUT2D eigenvalue weighted by Gasteiger charge is -2.35. The van der Waals surface area contributed by atoms with Crippen molar-refractivity contribution in [3.05, 3.63) is 53.6 Å². The van der Waals surface area contributed by atoms with Gasteiger partial charge in [0.1, 0.15) is 0 Å². The standard InChI is InChI=1S/C15H13NO2/c1-10-3-2-4-12-14(10)16-13(18)9-15(12)7-5-11(17)6-8-15/h2-8H,9H2,1H3,(H,16,18). The van der Waals surface area contributed by atoms with Crippen LogP contribution in [-0.4, -0.2) is 11.7 Å². The summed E-state index contributed by atoms with van der Waals surface area (Å²) in [4.78, 5) is 23.1. The number of ketones is 1. The highest BCUT2D eigenvalue weighted by Gasteiger charge is 2.37. The van der Waals surface area contributed by atoms with Gasteiger partial charge in [-0.05, 0) is 30.2 Å². The zero-order valence-corrected chi connectivity index (χ0v) is 10.1. The molecule has 0 fully saturated rings. The second-order valence-corrected chi connectivity index (χ2v) is 4.83. The van der Waals surface area contributed by atoms with Crippen molar-refractivity contribution in [3.8, 4) is 0 Å². The van der Waals surface area contributed by atoms with Gasteiger partial charge >= 0.3 is 0 Å². The zero-order valence-electron chi connectivity index (χ0n) is 10.1. The zero-order chi connectivity index (χ0) is 12.8. The van der Waals surface area contributed by atoms with Gasteiger partial charge in [0.05, 0.1) is 0 Å². The van der Waals surface area contributed by atoms with Crippen LogP contribution >= 0.6 is 0 Å². The first-order chi connectivity index (χ1) is 8.61. The van der Waals surface area contributed by atoms with Crippen LogP contribution in [0.4, 0.5) is 5.69 Å². The molecule has 90 valence electrons. The summed E-state index contributed by atoms with van der Waals surface area (Å²) in [5.74, 6) is -0.0405. The van der Waals surface area contributed by atoms with Crippen LogP contribution in [0.3, 0.4) is 0 Å². The van der Waals surface area contributed by atoms with E-state index in [0.717, 1.165) is 16.8 Å². The number of amides is 1. The second-order valence-electron chi connectivity index (χ2n) is 4.83. The van der Waals surface area contributed by atoms with E-state index in [1.165, 1.54) is 0 Å². The molecule has 1 aliphatic carbocycles. The molecular formula is C15H13NO2. The minimum absolute atomic E-state index is 0.0135. The van der Waals surface area contributed by atoms with Gasteiger partial charge in [0, 0.05) is 17.5 Å². The highest BCUT2D eigenvalue weighted by atomic mass is 16.1. The molecule has 1 aliphatic heterocycles. The third-order valence-corrected chi connectivity index (χ3v) is 3.58. The summed E-state index contributed by atoms with van der Waals surface area (Å²) in [6.07, 6.45) is 7.12. The Kier molecular flexibility index (Phi) is 2.23. The Morgan fingerprint density at radius 3 is 2.61 bits per heavy atom. The lowest BCUT2D eigenvalue weighted by molar-refractivity contribution is -0.117. The summed E-state index contributed by atoms with van der Waals surface area (Å²) in [6, 6.07) is 5.96. The number of fused-ring (bicyclic) bond motifs is 2. The fraction of sp³-hybridized carbons (Fsp3) is 0.200. The first-order valence-corrected chi connectivity index (χ1v) is 5.93. The topological polar surface area (TPSA) is 46.2 Å². The number of nitrogens with one attached hydrogen (secondary N) is 1. The van der Waals surface area contributed by atoms with Gasteiger partial charge < -0.3 is 5.32 Å². The molecule has 3 heteroatoms. The van der Waals surface area contributed by atoms with Crippen molar-refractivity contribution < 1.29 is 9.59 Å². The average Bonchev–Trinajstić information content (AvgIpc) is 2.35. The van der Waals surface area contributed by atoms with E-state index in [1.807, 2.05) is 37.3 Å². The number of carbonyl (C=O) groups is 2. The van der Waals surface area contributed by atoms with Crippen LogP contribution in [0.25, 0.3) is 0 Å². The Balaban J connectivity index is 2.22. The minimum atomic E-state index is -0.461. The van der Waals surface area contributed by atoms with E-state index in [1.54, 1.807) is 12.2 Å². The van der Waals surface area contributed by atoms with E-state index >= 15 is 0 Å². The molecule has 0 atom stereocenters. The second kappa shape index (κ2) is 3.67. The Morgan fingerprint density at radius 1 is 1.17 bits per heavy atom. The van der Waals surface area contributed by atoms with Crippen molar-refractivity contribution in [1.82, 2.24) is 0 Å². The fourth-order valence-corrected chi connectivity index (χ4v) is 2.64. The monoisotopic (exact) mass is 239 g/mol. The van der Waals surface area contributed by atoms with Crippen LogP contribution in [0.1, 0.15) is 17.5 Å². The third kappa shape index (κ3) is 1.51. The molecule has 1 heterocycles. The van der Waals surface area contributed by atoms with Crippen molar-refractivity contribution in [2.24, 2.45) is 0 Å². The molecule has 1 aromatic rings. The van der Waals surface area contributed by atoms with Crippen molar-refractivity contribution in [3.63, 3.8) is 0 Å². The van der Waals surface area contributed by atoms with Gasteiger partial charge in [0.15, 0.2) is 5.78 Å². The van der Waals surface area contributed by atoms with E-state index in [9.17, 15) is 9.59 Å². The predicted octanol–water partition coefficient (Wildman–Crippen LogP) is 2.27. The van der Waals surface area contributed by atoms with Gasteiger partial charge in [-0.25, -0.2) is 0 Å². The summed E-state index contributed by atoms with van der Waals surface area (Å²) >= 11 is 0. The Morgan fingerprint density at radius 2 is 1.89 bits per heavy atom. The molecule has 3 nitrogen and oxygen atoms in total. The summed E-state index contributed by atoms with van der Waals surface area (Å²) in [5, 5.41) is 2.92. The highest BCUT2D eigenvalue weighted by molar-refractivity contribution is 6.03. The van der Waals surface area contributed by atoms with Crippen molar-refractivity contribution >= 4 is 17.4 Å². The molecule has 1 amide bonds. The highest BCUT2D eigenvalue weighted by Crippen LogP contribution is 2.42. The number of benzene rings is 1. The van der Waals surface area contributed by atoms with Crippen LogP contribution in [0.5, 0.6) is 0 Å². The summed E-state index contributed by atoms with van der Waals surface area (Å²) in [6.45, 7) is 1.97. The summed E-state index contributed by atoms with van der Waals surface area (Å²) in [5.41, 5.74) is 2.51. The van der Waals surface area contributed by atoms with Gasteiger partial charge in [-0.3, -0.25) is 9.59 Å². The first-order valence-electron chi connectivity index (χ1n) is 5.93. The normalized spacial score (nSPS) is 19.8. The lowest BCUT2D eigenvalue weighted by Crippen LogP contribution is -2.36. The van der Waals surface area contributed by atoms with E-state index in [-0.39, 0.29) is 11.7 Å². The van der Waals surface area contributed by atoms with E-state index in [0.29, 0.717) is 6.42 Å². The van der Waals surface area contributed by atoms with Gasteiger partial charge in [0.2, 0.25) is 5.91 Å². The van der Waals surface area contributed by atoms with Gasteiger partial charge in [-0.1, -0.05) is 30.4 Å². The Hall–Kier alpha value is -2.16. The van der Waals surface area contributed by atoms with Crippen LogP contribution < -0.4 is 5.32 Å². The smallest absolute Gasteiger partial charge is 0.225 e. The van der Waals surface area contributed by atoms with Crippen LogP contribution in [0.2, 0.25) is 0 Å². The first kappa shape index (κ1) is 11.0. The Bertz CT molecular complexity index is 595. The summed E-state index contributed by atoms with van der Waals surface area (Å²) in [7, 11) is 0. The maximum Gasteiger partial charge on any atom is 0.225 e. The molecule has 0 saturated heterocycles. The fourth-order valence-electron chi connectivity index (χ4n) is 2.64. The average molecular weight is 239 g/mol. The number of hydrogen-bond donors (Lipinski definition) is 1. The summed E-state index contributed by atoms with van der Waals surface area (Å²) < 4.78 is 0. The molecule has 3 rings (SSSR count). The number of carbonyl (C=O) groups excluding carboxylic acids is 2. The number of allylic oxidation sites excluding steroid dienone is 4. The van der Waals surface area contributed by atoms with Gasteiger partial charge in [0.25, 0.3) is 0 Å². The molecular weight excluding hydrogens is 226 g/mol. The predicted molar refractivity (Wildman–Crippen MR) is 69.4 cm³/mol. The quantitative estimate of drug-likeness (QED) is 0.755. The van der Waals surface area contributed by atoms with Gasteiger partial charge in [-0.15, -0.1) is 0 Å². The van der Waals surface area contributed by atoms with Crippen LogP contribution in [-0.2, 0) is 15.0 Å². The minimum Gasteiger partial charge on any atom is -0.325 e. The molecule has 1 spiro atoms. The maximum atomic E-state index is 11.9. The molecule has 0 saturated carbocycles. The maximum absolute atomic E-state index is 11.9. The molecule has 0 unspecified atom stereocenters. The largest absolute Gasteiger partial charge is 0.325 e. The molecule has 18 heavy (non-hydrogen) atoms. The third-order valence-electron chi connectivity index (χ3n) is 3.58. The van der Waals surface area contributed by atoms with E-state index in [4.69, 9.17) is 0 Å². The number of anilines is 1. The number of hydrogen-bond acceptors (Lipinski definition) is 2. The SMILES string of the molecule is Cc1cccc2c1NC(=O)CC21C=CC(=O)C=C1. The molecule has 2 aliphatic rings. The molecule has 0 bridgehead atoms. The van der Waals surface area contributed by atoms with Gasteiger partial charge in [-0.2, -0.15) is 0 Å². The molecule has 1 aromatic carbocycles.